The summed E-state index contributed by atoms with van der Waals surface area (Å²) in [6.45, 7) is 47.5. The summed E-state index contributed by atoms with van der Waals surface area (Å²) in [5.41, 5.74) is 29.2. The lowest BCUT2D eigenvalue weighted by Gasteiger charge is -2.45. The lowest BCUT2D eigenvalue weighted by atomic mass is 9.33. The molecule has 7 heteroatoms. The summed E-state index contributed by atoms with van der Waals surface area (Å²) >= 11 is 0. The molecule has 17 aromatic rings. The number of hydrogen-bond donors (Lipinski definition) is 0. The topological polar surface area (TPSA) is 45.1 Å². The number of anilines is 6. The second kappa shape index (κ2) is 27.3. The molecule has 19 rings (SSSR count). The van der Waals surface area contributed by atoms with Crippen molar-refractivity contribution >= 4 is 123 Å². The molecule has 0 unspecified atom stereocenters. The Morgan fingerprint density at radius 3 is 1.08 bits per heavy atom. The highest BCUT2D eigenvalue weighted by Crippen LogP contribution is 2.55. The second-order valence-corrected chi connectivity index (χ2v) is 41.1. The van der Waals surface area contributed by atoms with E-state index in [1.54, 1.807) is 0 Å². The first-order valence-electron chi connectivity index (χ1n) is 45.2. The van der Waals surface area contributed by atoms with Gasteiger partial charge in [-0.05, 0) is 237 Å². The van der Waals surface area contributed by atoms with E-state index < -0.39 is 24.8 Å². The minimum absolute atomic E-state index is 0.113. The normalized spacial score (nSPS) is 14.1. The molecule has 0 saturated heterocycles. The Labute approximate surface area is 717 Å². The zero-order valence-corrected chi connectivity index (χ0v) is 73.4. The zero-order chi connectivity index (χ0) is 88.5. The Balaban J connectivity index is 1.03. The lowest BCUT2D eigenvalue weighted by Crippen LogP contribution is -2.61. The first kappa shape index (κ1) is 71.7. The van der Waals surface area contributed by atoms with Crippen LogP contribution in [0.25, 0.3) is 116 Å². The van der Waals surface area contributed by atoms with Gasteiger partial charge in [0.2, 0.25) is 0 Å². The fraction of sp³-hybridized carbons (Fsp3) is 0.248. The van der Waals surface area contributed by atoms with Gasteiger partial charge in [-0.1, -0.05) is 303 Å². The molecule has 0 aliphatic carbocycles. The molecule has 0 atom stereocenters. The van der Waals surface area contributed by atoms with Gasteiger partial charge in [0.15, 0.2) is 0 Å². The molecule has 0 N–H and O–H groups in total. The molecule has 2 aliphatic heterocycles. The Bertz CT molecular complexity index is 7160. The van der Waals surface area contributed by atoms with Crippen molar-refractivity contribution < 1.29 is 6.85 Å². The zero-order valence-electron chi connectivity index (χ0n) is 78.4. The first-order chi connectivity index (χ1) is 59.0. The van der Waals surface area contributed by atoms with Gasteiger partial charge in [-0.15, -0.1) is 0 Å². The molecule has 0 saturated carbocycles. The molecular weight excluding hydrogens is 1450 g/mol. The van der Waals surface area contributed by atoms with Gasteiger partial charge in [0.25, 0.3) is 6.71 Å². The van der Waals surface area contributed by atoms with Crippen LogP contribution in [-0.2, 0) is 37.9 Å². The van der Waals surface area contributed by atoms with Gasteiger partial charge in [-0.2, -0.15) is 5.26 Å². The number of nitriles is 1. The van der Waals surface area contributed by atoms with Crippen LogP contribution in [0.3, 0.4) is 0 Å². The van der Waals surface area contributed by atoms with Gasteiger partial charge in [-0.3, -0.25) is 0 Å². The maximum atomic E-state index is 12.1. The highest BCUT2D eigenvalue weighted by molar-refractivity contribution is 7.00. The van der Waals surface area contributed by atoms with Crippen LogP contribution in [0, 0.1) is 11.3 Å². The summed E-state index contributed by atoms with van der Waals surface area (Å²) in [7, 11) is 0. The van der Waals surface area contributed by atoms with E-state index in [2.05, 4.69) is 412 Å². The summed E-state index contributed by atoms with van der Waals surface area (Å²) in [5.74, 6) is 0. The summed E-state index contributed by atoms with van der Waals surface area (Å²) in [6, 6.07) is 94.1. The first-order valence-corrected chi connectivity index (χ1v) is 42.7. The molecule has 14 aromatic carbocycles. The van der Waals surface area contributed by atoms with E-state index in [1.807, 2.05) is 12.1 Å². The van der Waals surface area contributed by atoms with Gasteiger partial charge in [0, 0.05) is 77.6 Å². The molecule has 6 nitrogen and oxygen atoms in total. The summed E-state index contributed by atoms with van der Waals surface area (Å²) in [6.07, 6.45) is 0. The number of aromatic nitrogens is 3. The van der Waals surface area contributed by atoms with Gasteiger partial charge in [0.1, 0.15) is 6.07 Å². The van der Waals surface area contributed by atoms with Crippen molar-refractivity contribution in [3.8, 4) is 56.5 Å². The Morgan fingerprint density at radius 2 is 0.650 bits per heavy atom. The van der Waals surface area contributed by atoms with E-state index in [9.17, 15) is 10.7 Å². The molecule has 5 heterocycles. The minimum atomic E-state index is -0.533. The van der Waals surface area contributed by atoms with Crippen molar-refractivity contribution in [1.29, 1.82) is 5.26 Å². The van der Waals surface area contributed by atoms with Crippen molar-refractivity contribution in [2.24, 2.45) is 0 Å². The van der Waals surface area contributed by atoms with E-state index in [-0.39, 0.29) is 55.6 Å². The van der Waals surface area contributed by atoms with E-state index >= 15 is 0 Å². The smallest absolute Gasteiger partial charge is 0.252 e. The number of hydrogen-bond acceptors (Lipinski definition) is 3. The number of fused-ring (bicyclic) bond motifs is 13. The molecule has 120 heavy (non-hydrogen) atoms. The maximum Gasteiger partial charge on any atom is 0.252 e. The molecule has 594 valence electrons. The van der Waals surface area contributed by atoms with Crippen molar-refractivity contribution in [1.82, 2.24) is 13.7 Å². The second-order valence-electron chi connectivity index (χ2n) is 41.1. The third kappa shape index (κ3) is 12.8. The SMILES string of the molecule is [2H]c1c([2H])c([2H])c(-c2ccc3c(c2)N(c2c(-c4ccccc4)cc(C(C)(C)C)cc2-c2ccccc2)c2cc(-n4c5ccc(C(C)(C)C)cc5c5cc(C(C)(C)C)ccc54)cc4c2B3c2ccc(-n3c5ccc(C(C)(C)C)cc5c5cc(C(C)(C)C)ccc53)cc2N4c2ccc(C#N)c(-n3c4cc(C(C)(C)C)ccc4c4ccc(C(C)(C)C)cc43)c2)c([2H])c1[2H]. The van der Waals surface area contributed by atoms with Gasteiger partial charge in [0.05, 0.1) is 62.6 Å². The van der Waals surface area contributed by atoms with Crippen molar-refractivity contribution in [2.45, 2.75) is 183 Å². The lowest BCUT2D eigenvalue weighted by molar-refractivity contribution is 0.590. The minimum Gasteiger partial charge on any atom is -0.311 e. The predicted octanol–water partition coefficient (Wildman–Crippen LogP) is 29.0. The number of rotatable bonds is 8. The van der Waals surface area contributed by atoms with Gasteiger partial charge >= 0.3 is 0 Å². The van der Waals surface area contributed by atoms with Crippen LogP contribution in [-0.4, -0.2) is 20.4 Å². The number of benzene rings is 14. The van der Waals surface area contributed by atoms with E-state index in [0.29, 0.717) is 11.1 Å². The van der Waals surface area contributed by atoms with E-state index in [4.69, 9.17) is 1.37 Å². The largest absolute Gasteiger partial charge is 0.311 e. The van der Waals surface area contributed by atoms with Crippen LogP contribution in [0.2, 0.25) is 0 Å². The van der Waals surface area contributed by atoms with Crippen LogP contribution in [0.1, 0.15) is 197 Å². The molecular formula is C113H109BN6. The quantitative estimate of drug-likeness (QED) is 0.142. The Morgan fingerprint density at radius 1 is 0.275 bits per heavy atom. The molecule has 0 radical (unpaired) electrons. The Hall–Kier alpha value is -12.4. The summed E-state index contributed by atoms with van der Waals surface area (Å²) < 4.78 is 54.6. The molecule has 0 bridgehead atoms. The van der Waals surface area contributed by atoms with Gasteiger partial charge < -0.3 is 23.5 Å². The van der Waals surface area contributed by atoms with Crippen LogP contribution >= 0.6 is 0 Å². The molecule has 3 aromatic heterocycles. The molecule has 2 aliphatic rings. The Kier molecular flexibility index (Phi) is 16.3. The van der Waals surface area contributed by atoms with Gasteiger partial charge in [-0.25, -0.2) is 0 Å². The third-order valence-corrected chi connectivity index (χ3v) is 25.8. The van der Waals surface area contributed by atoms with Crippen molar-refractivity contribution in [2.75, 3.05) is 9.80 Å². The predicted molar refractivity (Wildman–Crippen MR) is 515 cm³/mol. The van der Waals surface area contributed by atoms with Crippen LogP contribution in [0.4, 0.5) is 34.1 Å². The molecule has 0 fully saturated rings. The van der Waals surface area contributed by atoms with Crippen LogP contribution in [0.5, 0.6) is 0 Å². The summed E-state index contributed by atoms with van der Waals surface area (Å²) in [4.78, 5) is 5.01. The van der Waals surface area contributed by atoms with E-state index in [1.165, 1.54) is 44.2 Å². The maximum absolute atomic E-state index is 12.1. The summed E-state index contributed by atoms with van der Waals surface area (Å²) in [5, 5.41) is 18.9. The monoisotopic (exact) mass is 1570 g/mol. The third-order valence-electron chi connectivity index (χ3n) is 25.8. The standard InChI is InChI=1S/C113H109BN6/c1-107(2,3)74-41-51-94-88(56-74)89-57-75(108(4,5)6)42-52-95(89)116(94)82-46-50-93-102(65-82)117(81-45-37-73(68-115)98(64-81)119-99-62-78(111(13,14)15)39-47-84(99)85-48-40-79(63-100(85)119)112(16,17)18)103-66-83(118-96-53-43-76(109(7,8)9)58-90(96)91-59-77(110(10,11)12)44-54-97(91)118)67-104-105(103)114(93)92-49-38-72(69-31-25-22-26-32-69)55-101(92)120(104)106-86(70-33-27-23-28-34-70)60-80(113(19,20)21)61-87(106)71-35-29-24-30-36-71/h22-67H,1-21H3/i22D,25D,26D,31D,32D. The molecule has 0 spiro atoms. The number of nitrogens with zero attached hydrogens (tertiary/aromatic N) is 6. The average Bonchev–Trinajstić information content (AvgIpc) is 1.60. The molecule has 0 amide bonds. The highest BCUT2D eigenvalue weighted by Gasteiger charge is 2.46. The highest BCUT2D eigenvalue weighted by atomic mass is 15.2. The van der Waals surface area contributed by atoms with E-state index in [0.717, 1.165) is 150 Å². The van der Waals surface area contributed by atoms with Crippen molar-refractivity contribution in [3.63, 3.8) is 0 Å². The average molecular weight is 1570 g/mol. The fourth-order valence-electron chi connectivity index (χ4n) is 18.9. The fourth-order valence-corrected chi connectivity index (χ4v) is 18.9. The van der Waals surface area contributed by atoms with Crippen molar-refractivity contribution in [3.05, 3.63) is 323 Å². The van der Waals surface area contributed by atoms with Crippen LogP contribution < -0.4 is 26.2 Å². The van der Waals surface area contributed by atoms with Crippen LogP contribution in [0.15, 0.2) is 279 Å².